The van der Waals surface area contributed by atoms with Gasteiger partial charge >= 0.3 is 0 Å². The van der Waals surface area contributed by atoms with Crippen LogP contribution in [-0.2, 0) is 11.2 Å². The van der Waals surface area contributed by atoms with Crippen LogP contribution in [0.25, 0.3) is 0 Å². The molecule has 3 nitrogen and oxygen atoms in total. The number of benzene rings is 1. The van der Waals surface area contributed by atoms with Crippen molar-refractivity contribution in [2.75, 3.05) is 29.5 Å². The summed E-state index contributed by atoms with van der Waals surface area (Å²) in [7, 11) is 0. The van der Waals surface area contributed by atoms with Gasteiger partial charge in [0.25, 0.3) is 0 Å². The molecule has 2 heterocycles. The summed E-state index contributed by atoms with van der Waals surface area (Å²) in [6, 6.07) is 8.82. The number of thioether (sulfide) groups is 1. The molecule has 0 bridgehead atoms. The first-order chi connectivity index (χ1) is 9.84. The van der Waals surface area contributed by atoms with E-state index in [1.165, 1.54) is 29.9 Å². The topological polar surface area (TPSA) is 32.3 Å². The van der Waals surface area contributed by atoms with Gasteiger partial charge in [-0.25, -0.2) is 0 Å². The molecule has 0 saturated carbocycles. The molecule has 1 saturated heterocycles. The number of amides is 1. The number of carbonyl (C=O) groups excluding carboxylic acids is 1. The summed E-state index contributed by atoms with van der Waals surface area (Å²) in [5.74, 6) is 2.66. The van der Waals surface area contributed by atoms with E-state index in [2.05, 4.69) is 23.5 Å². The van der Waals surface area contributed by atoms with E-state index in [-0.39, 0.29) is 5.91 Å². The SMILES string of the molecule is O=C(CNC1CCSCC1)N1CCCc2ccccc21. The van der Waals surface area contributed by atoms with E-state index in [0.717, 1.165) is 25.1 Å². The molecular formula is C16H22N2OS. The Morgan fingerprint density at radius 3 is 2.95 bits per heavy atom. The number of anilines is 1. The molecule has 1 fully saturated rings. The van der Waals surface area contributed by atoms with Crippen molar-refractivity contribution < 1.29 is 4.79 Å². The van der Waals surface area contributed by atoms with Crippen molar-refractivity contribution in [1.29, 1.82) is 0 Å². The summed E-state index contributed by atoms with van der Waals surface area (Å²) in [5, 5.41) is 3.44. The minimum absolute atomic E-state index is 0.218. The molecule has 3 rings (SSSR count). The first-order valence-electron chi connectivity index (χ1n) is 7.54. The molecule has 2 aliphatic rings. The third kappa shape index (κ3) is 3.18. The van der Waals surface area contributed by atoms with Crippen LogP contribution in [0.3, 0.4) is 0 Å². The van der Waals surface area contributed by atoms with Crippen LogP contribution in [0.1, 0.15) is 24.8 Å². The Labute approximate surface area is 125 Å². The van der Waals surface area contributed by atoms with Gasteiger partial charge < -0.3 is 10.2 Å². The number of para-hydroxylation sites is 1. The second-order valence-corrected chi connectivity index (χ2v) is 6.77. The molecular weight excluding hydrogens is 268 g/mol. The fourth-order valence-corrected chi connectivity index (χ4v) is 4.13. The second kappa shape index (κ2) is 6.64. The van der Waals surface area contributed by atoms with E-state index >= 15 is 0 Å². The van der Waals surface area contributed by atoms with Crippen LogP contribution in [0.4, 0.5) is 5.69 Å². The van der Waals surface area contributed by atoms with E-state index in [1.807, 2.05) is 22.7 Å². The lowest BCUT2D eigenvalue weighted by atomic mass is 10.0. The first-order valence-corrected chi connectivity index (χ1v) is 8.69. The largest absolute Gasteiger partial charge is 0.311 e. The van der Waals surface area contributed by atoms with E-state index < -0.39 is 0 Å². The summed E-state index contributed by atoms with van der Waals surface area (Å²) in [5.41, 5.74) is 2.42. The highest BCUT2D eigenvalue weighted by molar-refractivity contribution is 7.99. The molecule has 0 radical (unpaired) electrons. The molecule has 4 heteroatoms. The first kappa shape index (κ1) is 14.0. The molecule has 0 spiro atoms. The van der Waals surface area contributed by atoms with Crippen molar-refractivity contribution in [2.45, 2.75) is 31.7 Å². The van der Waals surface area contributed by atoms with Crippen molar-refractivity contribution >= 4 is 23.4 Å². The average Bonchev–Trinajstić information content (AvgIpc) is 2.53. The van der Waals surface area contributed by atoms with Crippen LogP contribution in [0.2, 0.25) is 0 Å². The van der Waals surface area contributed by atoms with Gasteiger partial charge in [-0.1, -0.05) is 18.2 Å². The number of fused-ring (bicyclic) bond motifs is 1. The molecule has 1 aromatic rings. The van der Waals surface area contributed by atoms with Gasteiger partial charge in [-0.15, -0.1) is 0 Å². The van der Waals surface area contributed by atoms with Gasteiger partial charge in [0.2, 0.25) is 5.91 Å². The van der Waals surface area contributed by atoms with Gasteiger partial charge in [0.05, 0.1) is 6.54 Å². The molecule has 2 aliphatic heterocycles. The average molecular weight is 290 g/mol. The fourth-order valence-electron chi connectivity index (χ4n) is 3.02. The maximum atomic E-state index is 12.5. The Morgan fingerprint density at radius 1 is 1.30 bits per heavy atom. The third-order valence-electron chi connectivity index (χ3n) is 4.17. The normalized spacial score (nSPS) is 19.7. The van der Waals surface area contributed by atoms with Crippen molar-refractivity contribution in [3.8, 4) is 0 Å². The highest BCUT2D eigenvalue weighted by Gasteiger charge is 2.22. The predicted molar refractivity (Wildman–Crippen MR) is 85.5 cm³/mol. The van der Waals surface area contributed by atoms with Crippen molar-refractivity contribution in [3.63, 3.8) is 0 Å². The van der Waals surface area contributed by atoms with E-state index in [4.69, 9.17) is 0 Å². The van der Waals surface area contributed by atoms with Gasteiger partial charge in [0, 0.05) is 18.3 Å². The van der Waals surface area contributed by atoms with Gasteiger partial charge in [-0.3, -0.25) is 4.79 Å². The Hall–Kier alpha value is -1.00. The monoisotopic (exact) mass is 290 g/mol. The standard InChI is InChI=1S/C16H22N2OS/c19-16(12-17-14-7-10-20-11-8-14)18-9-3-5-13-4-1-2-6-15(13)18/h1-2,4,6,14,17H,3,5,7-12H2. The lowest BCUT2D eigenvalue weighted by Crippen LogP contribution is -2.44. The number of hydrogen-bond acceptors (Lipinski definition) is 3. The number of hydrogen-bond donors (Lipinski definition) is 1. The molecule has 1 N–H and O–H groups in total. The van der Waals surface area contributed by atoms with Crippen molar-refractivity contribution in [1.82, 2.24) is 5.32 Å². The summed E-state index contributed by atoms with van der Waals surface area (Å²) in [6.45, 7) is 1.34. The Balaban J connectivity index is 1.60. The summed E-state index contributed by atoms with van der Waals surface area (Å²) < 4.78 is 0. The van der Waals surface area contributed by atoms with Crippen LogP contribution in [0.15, 0.2) is 24.3 Å². The number of aryl methyl sites for hydroxylation is 1. The number of nitrogens with one attached hydrogen (secondary N) is 1. The number of nitrogens with zero attached hydrogens (tertiary/aromatic N) is 1. The zero-order chi connectivity index (χ0) is 13.8. The van der Waals surface area contributed by atoms with E-state index in [9.17, 15) is 4.79 Å². The summed E-state index contributed by atoms with van der Waals surface area (Å²) >= 11 is 2.02. The van der Waals surface area contributed by atoms with Crippen molar-refractivity contribution in [2.24, 2.45) is 0 Å². The zero-order valence-electron chi connectivity index (χ0n) is 11.8. The highest BCUT2D eigenvalue weighted by Crippen LogP contribution is 2.26. The predicted octanol–water partition coefficient (Wildman–Crippen LogP) is 2.45. The summed E-state index contributed by atoms with van der Waals surface area (Å²) in [4.78, 5) is 14.4. The maximum Gasteiger partial charge on any atom is 0.240 e. The Bertz CT molecular complexity index is 471. The van der Waals surface area contributed by atoms with Gasteiger partial charge in [0.1, 0.15) is 0 Å². The minimum atomic E-state index is 0.218. The van der Waals surface area contributed by atoms with Crippen LogP contribution in [0.5, 0.6) is 0 Å². The van der Waals surface area contributed by atoms with E-state index in [1.54, 1.807) is 0 Å². The highest BCUT2D eigenvalue weighted by atomic mass is 32.2. The van der Waals surface area contributed by atoms with E-state index in [0.29, 0.717) is 12.6 Å². The molecule has 108 valence electrons. The zero-order valence-corrected chi connectivity index (χ0v) is 12.6. The molecule has 0 unspecified atom stereocenters. The molecule has 0 aromatic heterocycles. The molecule has 1 amide bonds. The minimum Gasteiger partial charge on any atom is -0.311 e. The van der Waals surface area contributed by atoms with Gasteiger partial charge in [-0.2, -0.15) is 11.8 Å². The molecule has 20 heavy (non-hydrogen) atoms. The lowest BCUT2D eigenvalue weighted by Gasteiger charge is -2.30. The summed E-state index contributed by atoms with van der Waals surface area (Å²) in [6.07, 6.45) is 4.54. The Morgan fingerprint density at radius 2 is 2.10 bits per heavy atom. The maximum absolute atomic E-state index is 12.5. The lowest BCUT2D eigenvalue weighted by molar-refractivity contribution is -0.118. The van der Waals surface area contributed by atoms with Crippen LogP contribution in [-0.4, -0.2) is 36.5 Å². The smallest absolute Gasteiger partial charge is 0.240 e. The molecule has 1 aromatic carbocycles. The number of carbonyl (C=O) groups is 1. The second-order valence-electron chi connectivity index (χ2n) is 5.55. The van der Waals surface area contributed by atoms with Crippen LogP contribution < -0.4 is 10.2 Å². The van der Waals surface area contributed by atoms with Crippen LogP contribution >= 0.6 is 11.8 Å². The Kier molecular flexibility index (Phi) is 4.63. The quantitative estimate of drug-likeness (QED) is 0.928. The van der Waals surface area contributed by atoms with Crippen LogP contribution in [0, 0.1) is 0 Å². The molecule has 0 atom stereocenters. The van der Waals surface area contributed by atoms with Crippen molar-refractivity contribution in [3.05, 3.63) is 29.8 Å². The number of rotatable bonds is 3. The van der Waals surface area contributed by atoms with Gasteiger partial charge in [0.15, 0.2) is 0 Å². The third-order valence-corrected chi connectivity index (χ3v) is 5.22. The fraction of sp³-hybridized carbons (Fsp3) is 0.562. The van der Waals surface area contributed by atoms with Gasteiger partial charge in [-0.05, 0) is 48.8 Å². The molecule has 0 aliphatic carbocycles.